The zero-order chi connectivity index (χ0) is 30.1. The molecule has 2 amide bonds. The number of hydrogen-bond acceptors (Lipinski definition) is 9. The summed E-state index contributed by atoms with van der Waals surface area (Å²) in [4.78, 5) is 37.9. The SMILES string of the molecule is CC(C(N)=O)c1ccc2oc(-c3ccnc(C(=O)N4CCN(C(c5ccccc5)c5nnn(C(F)F)n5)CC4)c3)nc2c1. The van der Waals surface area contributed by atoms with Crippen LogP contribution < -0.4 is 5.73 Å². The molecule has 220 valence electrons. The molecular weight excluding hydrogens is 560 g/mol. The molecule has 43 heavy (non-hydrogen) atoms. The number of rotatable bonds is 8. The van der Waals surface area contributed by atoms with E-state index in [1.807, 2.05) is 35.2 Å². The molecule has 5 aromatic rings. The van der Waals surface area contributed by atoms with E-state index in [0.29, 0.717) is 53.5 Å². The summed E-state index contributed by atoms with van der Waals surface area (Å²) >= 11 is 0. The molecule has 2 aromatic carbocycles. The second kappa shape index (κ2) is 11.6. The minimum Gasteiger partial charge on any atom is -0.436 e. The number of carbonyl (C=O) groups excluding carboxylic acids is 2. The van der Waals surface area contributed by atoms with Gasteiger partial charge in [0.2, 0.25) is 11.8 Å². The van der Waals surface area contributed by atoms with E-state index in [2.05, 4.69) is 25.4 Å². The Morgan fingerprint density at radius 3 is 2.44 bits per heavy atom. The van der Waals surface area contributed by atoms with Crippen LogP contribution in [0.3, 0.4) is 0 Å². The zero-order valence-corrected chi connectivity index (χ0v) is 23.0. The van der Waals surface area contributed by atoms with Crippen LogP contribution in [0, 0.1) is 0 Å². The first-order chi connectivity index (χ1) is 20.8. The molecule has 1 aliphatic heterocycles. The lowest BCUT2D eigenvalue weighted by Crippen LogP contribution is -2.50. The number of nitrogens with two attached hydrogens (primary N) is 1. The normalized spacial score (nSPS) is 15.6. The van der Waals surface area contributed by atoms with Crippen LogP contribution in [0.25, 0.3) is 22.6 Å². The van der Waals surface area contributed by atoms with E-state index in [4.69, 9.17) is 10.2 Å². The quantitative estimate of drug-likeness (QED) is 0.288. The lowest BCUT2D eigenvalue weighted by Gasteiger charge is -2.38. The van der Waals surface area contributed by atoms with Crippen LogP contribution in [0.4, 0.5) is 8.78 Å². The molecule has 0 saturated carbocycles. The Balaban J connectivity index is 1.18. The molecule has 0 radical (unpaired) electrons. The highest BCUT2D eigenvalue weighted by atomic mass is 19.3. The van der Waals surface area contributed by atoms with Gasteiger partial charge in [0, 0.05) is 37.9 Å². The third-order valence-corrected chi connectivity index (χ3v) is 7.51. The Morgan fingerprint density at radius 1 is 0.977 bits per heavy atom. The van der Waals surface area contributed by atoms with Gasteiger partial charge in [0.05, 0.1) is 12.0 Å². The van der Waals surface area contributed by atoms with Crippen molar-refractivity contribution in [2.45, 2.75) is 25.4 Å². The Morgan fingerprint density at radius 2 is 1.74 bits per heavy atom. The molecule has 2 atom stereocenters. The summed E-state index contributed by atoms with van der Waals surface area (Å²) in [5.41, 5.74) is 8.92. The summed E-state index contributed by atoms with van der Waals surface area (Å²) < 4.78 is 32.2. The first kappa shape index (κ1) is 28.0. The van der Waals surface area contributed by atoms with Crippen LogP contribution in [-0.2, 0) is 4.79 Å². The predicted octanol–water partition coefficient (Wildman–Crippen LogP) is 3.41. The second-order valence-electron chi connectivity index (χ2n) is 10.2. The van der Waals surface area contributed by atoms with Gasteiger partial charge in [0.1, 0.15) is 11.2 Å². The summed E-state index contributed by atoms with van der Waals surface area (Å²) in [6.07, 6.45) is 1.53. The zero-order valence-electron chi connectivity index (χ0n) is 23.0. The van der Waals surface area contributed by atoms with Gasteiger partial charge in [-0.1, -0.05) is 41.2 Å². The monoisotopic (exact) mass is 587 g/mol. The fourth-order valence-corrected chi connectivity index (χ4v) is 5.11. The van der Waals surface area contributed by atoms with E-state index in [-0.39, 0.29) is 17.4 Å². The summed E-state index contributed by atoms with van der Waals surface area (Å²) in [5, 5.41) is 11.3. The van der Waals surface area contributed by atoms with E-state index in [9.17, 15) is 18.4 Å². The average Bonchev–Trinajstić information content (AvgIpc) is 3.69. The van der Waals surface area contributed by atoms with Crippen molar-refractivity contribution in [3.05, 3.63) is 89.5 Å². The number of oxazole rings is 1. The number of halogens is 2. The van der Waals surface area contributed by atoms with Gasteiger partial charge in [-0.05, 0) is 47.5 Å². The maximum Gasteiger partial charge on any atom is 0.350 e. The number of amides is 2. The maximum atomic E-state index is 13.5. The summed E-state index contributed by atoms with van der Waals surface area (Å²) in [7, 11) is 0. The Bertz CT molecular complexity index is 1770. The third kappa shape index (κ3) is 5.68. The van der Waals surface area contributed by atoms with E-state index < -0.39 is 24.4 Å². The minimum absolute atomic E-state index is 0.162. The summed E-state index contributed by atoms with van der Waals surface area (Å²) in [6.45, 7) is 0.480. The van der Waals surface area contributed by atoms with Crippen molar-refractivity contribution in [2.75, 3.05) is 26.2 Å². The molecular formula is C29H27F2N9O3. The maximum absolute atomic E-state index is 13.5. The van der Waals surface area contributed by atoms with E-state index in [0.717, 1.165) is 11.1 Å². The van der Waals surface area contributed by atoms with Gasteiger partial charge in [-0.15, -0.1) is 10.2 Å². The number of benzene rings is 2. The molecule has 1 fully saturated rings. The van der Waals surface area contributed by atoms with Crippen LogP contribution in [0.1, 0.15) is 52.9 Å². The number of fused-ring (bicyclic) bond motifs is 1. The summed E-state index contributed by atoms with van der Waals surface area (Å²) in [5.74, 6) is -0.687. The number of tetrazole rings is 1. The lowest BCUT2D eigenvalue weighted by molar-refractivity contribution is -0.119. The van der Waals surface area contributed by atoms with Crippen LogP contribution in [-0.4, -0.2) is 78.0 Å². The molecule has 4 heterocycles. The van der Waals surface area contributed by atoms with Crippen molar-refractivity contribution < 1.29 is 22.8 Å². The number of alkyl halides is 2. The van der Waals surface area contributed by atoms with Crippen molar-refractivity contribution in [1.82, 2.24) is 40.0 Å². The average molecular weight is 588 g/mol. The Labute approximate surface area is 244 Å². The molecule has 12 nitrogen and oxygen atoms in total. The number of piperazine rings is 1. The van der Waals surface area contributed by atoms with Crippen molar-refractivity contribution in [3.63, 3.8) is 0 Å². The van der Waals surface area contributed by atoms with Crippen molar-refractivity contribution in [2.24, 2.45) is 5.73 Å². The Hall–Kier alpha value is -5.11. The largest absolute Gasteiger partial charge is 0.436 e. The van der Waals surface area contributed by atoms with Crippen LogP contribution >= 0.6 is 0 Å². The summed E-state index contributed by atoms with van der Waals surface area (Å²) in [6, 6.07) is 17.4. The predicted molar refractivity (Wildman–Crippen MR) is 150 cm³/mol. The number of primary amides is 1. The van der Waals surface area contributed by atoms with Crippen molar-refractivity contribution in [3.8, 4) is 11.5 Å². The molecule has 2 N–H and O–H groups in total. The fourth-order valence-electron chi connectivity index (χ4n) is 5.11. The van der Waals surface area contributed by atoms with Crippen molar-refractivity contribution in [1.29, 1.82) is 0 Å². The fraction of sp³-hybridized carbons (Fsp3) is 0.276. The molecule has 1 aliphatic rings. The standard InChI is InChI=1S/C29H27F2N9O3/c1-17(25(32)41)19-7-8-23-21(15-19)34-27(43-23)20-9-10-33-22(16-20)28(42)39-13-11-38(12-14-39)24(18-5-3-2-4-6-18)26-35-37-40(36-26)29(30)31/h2-10,15-17,24,29H,11-14H2,1H3,(H2,32,41). The van der Waals surface area contributed by atoms with Gasteiger partial charge >= 0.3 is 6.55 Å². The highest BCUT2D eigenvalue weighted by molar-refractivity contribution is 5.93. The Kier molecular flexibility index (Phi) is 7.59. The number of aromatic nitrogens is 6. The molecule has 3 aromatic heterocycles. The highest BCUT2D eigenvalue weighted by Crippen LogP contribution is 2.29. The van der Waals surface area contributed by atoms with Gasteiger partial charge in [0.25, 0.3) is 5.91 Å². The van der Waals surface area contributed by atoms with E-state index in [1.165, 1.54) is 6.20 Å². The molecule has 0 spiro atoms. The van der Waals surface area contributed by atoms with Gasteiger partial charge in [-0.25, -0.2) is 4.98 Å². The molecule has 0 bridgehead atoms. The van der Waals surface area contributed by atoms with Crippen LogP contribution in [0.2, 0.25) is 0 Å². The number of nitrogens with zero attached hydrogens (tertiary/aromatic N) is 8. The topological polar surface area (TPSA) is 149 Å². The number of carbonyl (C=O) groups is 2. The van der Waals surface area contributed by atoms with Crippen molar-refractivity contribution >= 4 is 22.9 Å². The smallest absolute Gasteiger partial charge is 0.350 e. The second-order valence-corrected chi connectivity index (χ2v) is 10.2. The molecule has 6 rings (SSSR count). The highest BCUT2D eigenvalue weighted by Gasteiger charge is 2.32. The van der Waals surface area contributed by atoms with Crippen LogP contribution in [0.5, 0.6) is 0 Å². The van der Waals surface area contributed by atoms with Gasteiger partial charge < -0.3 is 15.1 Å². The number of pyridine rings is 1. The lowest BCUT2D eigenvalue weighted by atomic mass is 10.0. The van der Waals surface area contributed by atoms with Gasteiger partial charge in [-0.3, -0.25) is 19.5 Å². The van der Waals surface area contributed by atoms with Crippen LogP contribution in [0.15, 0.2) is 71.3 Å². The first-order valence-electron chi connectivity index (χ1n) is 13.6. The van der Waals surface area contributed by atoms with E-state index in [1.54, 1.807) is 42.2 Å². The number of hydrogen-bond donors (Lipinski definition) is 1. The molecule has 1 saturated heterocycles. The molecule has 2 unspecified atom stereocenters. The van der Waals surface area contributed by atoms with Gasteiger partial charge in [-0.2, -0.15) is 8.78 Å². The third-order valence-electron chi connectivity index (χ3n) is 7.51. The minimum atomic E-state index is -2.90. The molecule has 14 heteroatoms. The van der Waals surface area contributed by atoms with E-state index >= 15 is 0 Å². The van der Waals surface area contributed by atoms with Gasteiger partial charge in [0.15, 0.2) is 11.4 Å². The first-order valence-corrected chi connectivity index (χ1v) is 13.6. The molecule has 0 aliphatic carbocycles.